The summed E-state index contributed by atoms with van der Waals surface area (Å²) >= 11 is 5.86. The number of rotatable bonds is 6. The Morgan fingerprint density at radius 2 is 1.68 bits per heavy atom. The van der Waals surface area contributed by atoms with Crippen LogP contribution in [-0.2, 0) is 20.9 Å². The maximum absolute atomic E-state index is 12.4. The molecule has 2 amide bonds. The van der Waals surface area contributed by atoms with Crippen molar-refractivity contribution >= 4 is 23.4 Å². The number of ether oxygens (including phenoxy) is 3. The molecule has 2 aromatic rings. The molecule has 2 aliphatic heterocycles. The van der Waals surface area contributed by atoms with Crippen molar-refractivity contribution < 1.29 is 23.8 Å². The zero-order chi connectivity index (χ0) is 21.6. The van der Waals surface area contributed by atoms with Gasteiger partial charge in [-0.05, 0) is 35.4 Å². The molecule has 2 N–H and O–H groups in total. The molecule has 0 radical (unpaired) electrons. The fourth-order valence-electron chi connectivity index (χ4n) is 3.60. The average molecular weight is 446 g/mol. The molecule has 164 valence electrons. The average Bonchev–Trinajstić information content (AvgIpc) is 3.27. The highest BCUT2D eigenvalue weighted by Gasteiger charge is 2.26. The highest BCUT2D eigenvalue weighted by atomic mass is 35.5. The van der Waals surface area contributed by atoms with Crippen LogP contribution in [0.2, 0.25) is 5.02 Å². The third kappa shape index (κ3) is 5.46. The van der Waals surface area contributed by atoms with Gasteiger partial charge in [0.25, 0.3) is 0 Å². The molecule has 2 heterocycles. The Morgan fingerprint density at radius 3 is 2.45 bits per heavy atom. The Labute approximate surface area is 185 Å². The van der Waals surface area contributed by atoms with Crippen LogP contribution in [0.15, 0.2) is 42.5 Å². The first-order valence-electron chi connectivity index (χ1n) is 10.1. The number of nitrogens with one attached hydrogen (secondary N) is 2. The van der Waals surface area contributed by atoms with Crippen molar-refractivity contribution in [3.63, 3.8) is 0 Å². The lowest BCUT2D eigenvalue weighted by Crippen LogP contribution is -2.46. The summed E-state index contributed by atoms with van der Waals surface area (Å²) in [5, 5.41) is 6.01. The van der Waals surface area contributed by atoms with Crippen molar-refractivity contribution in [2.75, 3.05) is 39.6 Å². The second kappa shape index (κ2) is 10.00. The van der Waals surface area contributed by atoms with Gasteiger partial charge in [-0.25, -0.2) is 0 Å². The number of hydrogen-bond acceptors (Lipinski definition) is 6. The third-order valence-corrected chi connectivity index (χ3v) is 5.55. The molecule has 0 saturated carbocycles. The highest BCUT2D eigenvalue weighted by Crippen LogP contribution is 2.35. The van der Waals surface area contributed by atoms with E-state index < -0.39 is 11.8 Å². The van der Waals surface area contributed by atoms with Gasteiger partial charge in [-0.2, -0.15) is 0 Å². The Kier molecular flexibility index (Phi) is 6.91. The maximum Gasteiger partial charge on any atom is 0.309 e. The number of amides is 2. The topological polar surface area (TPSA) is 89.1 Å². The van der Waals surface area contributed by atoms with Gasteiger partial charge in [-0.1, -0.05) is 29.8 Å². The first kappa shape index (κ1) is 21.4. The van der Waals surface area contributed by atoms with Crippen molar-refractivity contribution in [3.8, 4) is 11.5 Å². The second-order valence-corrected chi connectivity index (χ2v) is 7.73. The van der Waals surface area contributed by atoms with Crippen LogP contribution >= 0.6 is 11.6 Å². The van der Waals surface area contributed by atoms with Crippen molar-refractivity contribution in [1.82, 2.24) is 15.5 Å². The molecule has 31 heavy (non-hydrogen) atoms. The number of morpholine rings is 1. The lowest BCUT2D eigenvalue weighted by Gasteiger charge is -2.34. The summed E-state index contributed by atoms with van der Waals surface area (Å²) in [6.45, 7) is 3.44. The molecule has 2 aliphatic rings. The normalized spacial score (nSPS) is 16.5. The van der Waals surface area contributed by atoms with Crippen LogP contribution in [0.25, 0.3) is 0 Å². The first-order valence-corrected chi connectivity index (χ1v) is 10.5. The van der Waals surface area contributed by atoms with Gasteiger partial charge in [0, 0.05) is 31.2 Å². The lowest BCUT2D eigenvalue weighted by atomic mass is 10.0. The molecule has 1 atom stereocenters. The molecule has 4 rings (SSSR count). The predicted octanol–water partition coefficient (Wildman–Crippen LogP) is 1.87. The molecule has 9 heteroatoms. The van der Waals surface area contributed by atoms with E-state index in [4.69, 9.17) is 25.8 Å². The number of hydrogen-bond donors (Lipinski definition) is 2. The quantitative estimate of drug-likeness (QED) is 0.660. The molecular formula is C22H24ClN3O5. The monoisotopic (exact) mass is 445 g/mol. The predicted molar refractivity (Wildman–Crippen MR) is 114 cm³/mol. The third-order valence-electron chi connectivity index (χ3n) is 5.30. The molecule has 8 nitrogen and oxygen atoms in total. The van der Waals surface area contributed by atoms with Gasteiger partial charge < -0.3 is 24.8 Å². The summed E-state index contributed by atoms with van der Waals surface area (Å²) < 4.78 is 16.3. The van der Waals surface area contributed by atoms with Gasteiger partial charge in [-0.15, -0.1) is 0 Å². The summed E-state index contributed by atoms with van der Waals surface area (Å²) in [7, 11) is 0. The number of carbonyl (C=O) groups excluding carboxylic acids is 2. The standard InChI is InChI=1S/C22H24ClN3O5/c23-17-4-1-15(2-5-17)12-24-21(27)22(28)25-13-18(26-7-9-29-10-8-26)16-3-6-19-20(11-16)31-14-30-19/h1-6,11,18H,7-10,12-14H2,(H,24,27)(H,25,28). The van der Waals surface area contributed by atoms with E-state index >= 15 is 0 Å². The minimum atomic E-state index is -0.679. The lowest BCUT2D eigenvalue weighted by molar-refractivity contribution is -0.139. The van der Waals surface area contributed by atoms with Gasteiger partial charge in [0.05, 0.1) is 19.3 Å². The summed E-state index contributed by atoms with van der Waals surface area (Å²) in [5.74, 6) is 0.0345. The second-order valence-electron chi connectivity index (χ2n) is 7.30. The van der Waals surface area contributed by atoms with Gasteiger partial charge in [0.15, 0.2) is 11.5 Å². The molecule has 0 aliphatic carbocycles. The van der Waals surface area contributed by atoms with Crippen molar-refractivity contribution in [2.24, 2.45) is 0 Å². The number of carbonyl (C=O) groups is 2. The number of halogens is 1. The molecule has 1 saturated heterocycles. The summed E-state index contributed by atoms with van der Waals surface area (Å²) in [4.78, 5) is 26.9. The van der Waals surface area contributed by atoms with Crippen LogP contribution in [0.3, 0.4) is 0 Å². The molecule has 2 aromatic carbocycles. The SMILES string of the molecule is O=C(NCc1ccc(Cl)cc1)C(=O)NCC(c1ccc2c(c1)OCO2)N1CCOCC1. The van der Waals surface area contributed by atoms with E-state index in [9.17, 15) is 9.59 Å². The minimum Gasteiger partial charge on any atom is -0.454 e. The van der Waals surface area contributed by atoms with E-state index in [-0.39, 0.29) is 25.9 Å². The Bertz CT molecular complexity index is 931. The number of nitrogens with zero attached hydrogens (tertiary/aromatic N) is 1. The molecule has 1 fully saturated rings. The zero-order valence-electron chi connectivity index (χ0n) is 16.9. The fourth-order valence-corrected chi connectivity index (χ4v) is 3.73. The molecular weight excluding hydrogens is 422 g/mol. The summed E-state index contributed by atoms with van der Waals surface area (Å²) in [6.07, 6.45) is 0. The molecule has 0 spiro atoms. The van der Waals surface area contributed by atoms with Crippen LogP contribution in [0.1, 0.15) is 17.2 Å². The van der Waals surface area contributed by atoms with E-state index in [1.165, 1.54) is 0 Å². The summed E-state index contributed by atoms with van der Waals surface area (Å²) in [5.41, 5.74) is 1.84. The summed E-state index contributed by atoms with van der Waals surface area (Å²) in [6, 6.07) is 12.7. The minimum absolute atomic E-state index is 0.119. The van der Waals surface area contributed by atoms with E-state index in [1.54, 1.807) is 24.3 Å². The molecule has 1 unspecified atom stereocenters. The molecule has 0 bridgehead atoms. The van der Waals surface area contributed by atoms with Gasteiger partial charge in [0.2, 0.25) is 6.79 Å². The van der Waals surface area contributed by atoms with Crippen LogP contribution in [0.5, 0.6) is 11.5 Å². The zero-order valence-corrected chi connectivity index (χ0v) is 17.7. The van der Waals surface area contributed by atoms with Gasteiger partial charge >= 0.3 is 11.8 Å². The Morgan fingerprint density at radius 1 is 0.968 bits per heavy atom. The van der Waals surface area contributed by atoms with Crippen LogP contribution in [0.4, 0.5) is 0 Å². The number of benzene rings is 2. The van der Waals surface area contributed by atoms with E-state index in [1.807, 2.05) is 18.2 Å². The van der Waals surface area contributed by atoms with E-state index in [2.05, 4.69) is 15.5 Å². The van der Waals surface area contributed by atoms with Crippen molar-refractivity contribution in [1.29, 1.82) is 0 Å². The van der Waals surface area contributed by atoms with Gasteiger partial charge in [0.1, 0.15) is 0 Å². The van der Waals surface area contributed by atoms with Gasteiger partial charge in [-0.3, -0.25) is 14.5 Å². The van der Waals surface area contributed by atoms with Crippen LogP contribution in [0, 0.1) is 0 Å². The van der Waals surface area contributed by atoms with E-state index in [0.29, 0.717) is 29.7 Å². The largest absolute Gasteiger partial charge is 0.454 e. The smallest absolute Gasteiger partial charge is 0.309 e. The van der Waals surface area contributed by atoms with Crippen molar-refractivity contribution in [3.05, 3.63) is 58.6 Å². The highest BCUT2D eigenvalue weighted by molar-refractivity contribution is 6.35. The fraction of sp³-hybridized carbons (Fsp3) is 0.364. The molecule has 0 aromatic heterocycles. The maximum atomic E-state index is 12.4. The Balaban J connectivity index is 1.37. The van der Waals surface area contributed by atoms with Crippen molar-refractivity contribution in [2.45, 2.75) is 12.6 Å². The number of fused-ring (bicyclic) bond motifs is 1. The first-order chi connectivity index (χ1) is 15.1. The Hall–Kier alpha value is -2.81. The van der Waals surface area contributed by atoms with E-state index in [0.717, 1.165) is 24.2 Å². The van der Waals surface area contributed by atoms with Crippen LogP contribution < -0.4 is 20.1 Å². The van der Waals surface area contributed by atoms with Crippen LogP contribution in [-0.4, -0.2) is 56.4 Å².